The van der Waals surface area contributed by atoms with Crippen LogP contribution in [0.25, 0.3) is 0 Å². The zero-order valence-electron chi connectivity index (χ0n) is 85.3. The fourth-order valence-corrected chi connectivity index (χ4v) is 15.3. The normalized spacial score (nSPS) is 16.9. The molecule has 49 heteroatoms. The molecular formula is C96H163N17O32. The van der Waals surface area contributed by atoms with Crippen molar-refractivity contribution >= 4 is 118 Å². The van der Waals surface area contributed by atoms with Gasteiger partial charge in [-0.2, -0.15) is 0 Å². The molecule has 145 heavy (non-hydrogen) atoms. The van der Waals surface area contributed by atoms with Gasteiger partial charge in [-0.3, -0.25) is 86.3 Å². The Hall–Kier alpha value is -11.7. The van der Waals surface area contributed by atoms with Gasteiger partial charge in [0, 0.05) is 57.3 Å². The highest BCUT2D eigenvalue weighted by molar-refractivity contribution is 6.00. The summed E-state index contributed by atoms with van der Waals surface area (Å²) in [6.45, 7) is 8.03. The Morgan fingerprint density at radius 3 is 1.24 bits per heavy atom. The summed E-state index contributed by atoms with van der Waals surface area (Å²) in [5.74, 6) is -24.7. The van der Waals surface area contributed by atoms with Gasteiger partial charge < -0.3 is 145 Å². The third-order valence-electron chi connectivity index (χ3n) is 23.9. The minimum Gasteiger partial charge on any atom is -0.481 e. The van der Waals surface area contributed by atoms with Crippen LogP contribution in [0.5, 0.6) is 0 Å². The summed E-state index contributed by atoms with van der Waals surface area (Å²) in [4.78, 5) is 273. The number of carbonyl (C=O) groups is 20. The van der Waals surface area contributed by atoms with Gasteiger partial charge in [-0.1, -0.05) is 208 Å². The number of carboxylic acid groups (broad SMARTS) is 3. The second-order valence-electron chi connectivity index (χ2n) is 37.2. The number of aliphatic carboxylic acids is 3. The van der Waals surface area contributed by atoms with Gasteiger partial charge in [0.25, 0.3) is 0 Å². The predicted molar refractivity (Wildman–Crippen MR) is 521 cm³/mol. The number of esters is 2. The van der Waals surface area contributed by atoms with Crippen LogP contribution in [0.4, 0.5) is 0 Å². The second-order valence-corrected chi connectivity index (χ2v) is 37.2. The van der Waals surface area contributed by atoms with E-state index in [0.29, 0.717) is 12.8 Å². The SMILES string of the molecule is CCCCCCCCCCCCCCCCOC(=O)CC[C@H](NC(=O)CCC(=O)N[C@@H](CO)C(=O)N[C@@H](Cc1cnc[nH]1)C(=O)N[C@@H](C)C(=O)N[C@H](C(=O)N[C@@H](CO)C(=O)N[C@@H](CO[C@@H]1O[C@@H](CO)[C@@H](O)[C@@H](O)[C@@H]1NC(C)=O)C(=O)N[C@@H](CC(N)=O)C(=O)NCC(=O)N[C@@H](CCC(=O)O)C(=O)N[C@@H](C)C(=O)N[C@H](C(=O)N[C@@H](CCC(=O)O)C(=O)O)C(C)C)C(C)C)C(=O)OCCCCCCCCCCCCCCCC. The predicted octanol–water partition coefficient (Wildman–Crippen LogP) is -0.518. The number of rotatable bonds is 81. The molecule has 0 spiro atoms. The van der Waals surface area contributed by atoms with E-state index in [9.17, 15) is 132 Å². The van der Waals surface area contributed by atoms with Gasteiger partial charge >= 0.3 is 29.8 Å². The number of aliphatic hydroxyl groups excluding tert-OH is 5. The number of hydrogen-bond donors (Lipinski definition) is 24. The fraction of sp³-hybridized carbons (Fsp3) is 0.760. The van der Waals surface area contributed by atoms with Crippen molar-refractivity contribution in [2.24, 2.45) is 17.6 Å². The highest BCUT2D eigenvalue weighted by Crippen LogP contribution is 2.24. The Labute approximate surface area is 846 Å². The largest absolute Gasteiger partial charge is 0.481 e. The lowest BCUT2D eigenvalue weighted by Crippen LogP contribution is -2.65. The molecule has 1 aromatic rings. The zero-order chi connectivity index (χ0) is 108. The van der Waals surface area contributed by atoms with Crippen molar-refractivity contribution in [2.45, 2.75) is 409 Å². The Morgan fingerprint density at radius 1 is 0.421 bits per heavy atom. The van der Waals surface area contributed by atoms with E-state index in [1.165, 1.54) is 156 Å². The van der Waals surface area contributed by atoms with Crippen LogP contribution >= 0.6 is 0 Å². The van der Waals surface area contributed by atoms with E-state index in [2.05, 4.69) is 98.3 Å². The molecule has 0 saturated carbocycles. The number of primary amides is 1. The quantitative estimate of drug-likeness (QED) is 0.0288. The maximum absolute atomic E-state index is 14.6. The monoisotopic (exact) mass is 2070 g/mol. The van der Waals surface area contributed by atoms with Gasteiger partial charge in [-0.25, -0.2) is 14.6 Å². The standard InChI is InChI=1S/C96H163N17O32/c1-10-12-14-16-18-20-22-24-26-28-30-32-34-36-46-142-78(126)45-40-65(95(141)143-47-37-35-33-31-29-27-25-23-21-19-17-15-13-11-2)105-73(119)41-42-74(120)106-68(52-114)89(134)108-66(48-62-50-98-56-100-62)88(133)102-60(8)85(130)113-80(58(5)6)93(138)110-69(53-115)90(135)111-70(55-144-96-81(103-61(9)117)83(128)82(127)71(54-116)145-96)91(136)109-67(49-72(97)118)86(131)99-51-75(121)104-63(38-43-76(122)123)87(132)101-59(7)84(129)112-79(57(3)4)92(137)107-64(94(139)140)39-44-77(124)125/h50,56-60,63-71,79-83,96,114-116,127-128H,10-49,51-55H2,1-9H3,(H2,97,118)(H,98,100)(H,99,131)(H,101,132)(H,102,133)(H,103,117)(H,104,121)(H,105,119)(H,106,120)(H,107,137)(H,108,134)(H,109,136)(H,110,138)(H,111,135)(H,112,129)(H,113,130)(H,122,123)(H,124,125)(H,139,140)/t59-,60-,63-,64-,65-,66-,67-,68-,69-,70-,71-,79-,80-,81-,82+,83-,96+/m0/s1. The summed E-state index contributed by atoms with van der Waals surface area (Å²) in [7, 11) is 0. The maximum Gasteiger partial charge on any atom is 0.328 e. The lowest BCUT2D eigenvalue weighted by molar-refractivity contribution is -0.271. The lowest BCUT2D eigenvalue weighted by Gasteiger charge is -2.42. The van der Waals surface area contributed by atoms with E-state index in [4.69, 9.17) is 29.8 Å². The summed E-state index contributed by atoms with van der Waals surface area (Å²) in [6, 6.07) is -22.7. The Morgan fingerprint density at radius 2 is 0.814 bits per heavy atom. The average molecular weight is 2070 g/mol. The van der Waals surface area contributed by atoms with Crippen LogP contribution in [0.15, 0.2) is 12.5 Å². The molecule has 824 valence electrons. The van der Waals surface area contributed by atoms with Crippen LogP contribution in [0.1, 0.15) is 306 Å². The van der Waals surface area contributed by atoms with E-state index >= 15 is 0 Å². The molecule has 15 amide bonds. The fourth-order valence-electron chi connectivity index (χ4n) is 15.3. The molecule has 0 radical (unpaired) electrons. The first kappa shape index (κ1) is 129. The molecule has 0 bridgehead atoms. The van der Waals surface area contributed by atoms with E-state index < -0.39 is 311 Å². The number of nitrogens with one attached hydrogen (secondary N) is 15. The third kappa shape index (κ3) is 55.5. The van der Waals surface area contributed by atoms with Crippen molar-refractivity contribution in [1.29, 1.82) is 0 Å². The van der Waals surface area contributed by atoms with Crippen LogP contribution in [0.3, 0.4) is 0 Å². The Bertz CT molecular complexity index is 4170. The molecule has 1 aliphatic heterocycles. The van der Waals surface area contributed by atoms with Crippen molar-refractivity contribution < 1.29 is 156 Å². The maximum atomic E-state index is 14.6. The van der Waals surface area contributed by atoms with Crippen LogP contribution < -0.4 is 80.2 Å². The smallest absolute Gasteiger partial charge is 0.328 e. The summed E-state index contributed by atoms with van der Waals surface area (Å²) in [6.07, 6.45) is 21.3. The number of carbonyl (C=O) groups excluding carboxylic acids is 17. The van der Waals surface area contributed by atoms with Gasteiger partial charge in [0.15, 0.2) is 6.29 Å². The number of hydrogen-bond acceptors (Lipinski definition) is 30. The molecular weight excluding hydrogens is 1900 g/mol. The molecule has 17 atom stereocenters. The van der Waals surface area contributed by atoms with Crippen molar-refractivity contribution in [3.8, 4) is 0 Å². The molecule has 0 aliphatic carbocycles. The molecule has 1 fully saturated rings. The van der Waals surface area contributed by atoms with E-state index in [0.717, 1.165) is 71.6 Å². The van der Waals surface area contributed by atoms with Gasteiger partial charge in [0.1, 0.15) is 96.9 Å². The van der Waals surface area contributed by atoms with Crippen LogP contribution in [-0.2, 0) is 121 Å². The summed E-state index contributed by atoms with van der Waals surface area (Å²) < 4.78 is 22.5. The van der Waals surface area contributed by atoms with Crippen LogP contribution in [0.2, 0.25) is 0 Å². The number of H-pyrrole nitrogens is 1. The first-order chi connectivity index (χ1) is 68.9. The second kappa shape index (κ2) is 74.2. The molecule has 1 saturated heterocycles. The number of carboxylic acids is 3. The number of aromatic amines is 1. The number of nitrogens with zero attached hydrogens (tertiary/aromatic N) is 1. The van der Waals surface area contributed by atoms with Crippen molar-refractivity contribution in [1.82, 2.24) is 84.4 Å². The number of aliphatic hydroxyl groups is 5. The summed E-state index contributed by atoms with van der Waals surface area (Å²) in [5, 5.41) is 113. The number of unbranched alkanes of at least 4 members (excludes halogenated alkanes) is 26. The highest BCUT2D eigenvalue weighted by atomic mass is 16.7. The minimum atomic E-state index is -2.22. The number of imidazole rings is 1. The minimum absolute atomic E-state index is 0.0656. The van der Waals surface area contributed by atoms with Crippen LogP contribution in [0, 0.1) is 11.8 Å². The van der Waals surface area contributed by atoms with Crippen LogP contribution in [-0.4, -0.2) is 319 Å². The molecule has 1 aliphatic rings. The third-order valence-corrected chi connectivity index (χ3v) is 23.9. The van der Waals surface area contributed by atoms with Gasteiger partial charge in [-0.15, -0.1) is 0 Å². The highest BCUT2D eigenvalue weighted by Gasteiger charge is 2.47. The average Bonchev–Trinajstić information content (AvgIpc) is 1.26. The molecule has 2 heterocycles. The summed E-state index contributed by atoms with van der Waals surface area (Å²) in [5.41, 5.74) is 5.73. The summed E-state index contributed by atoms with van der Waals surface area (Å²) >= 11 is 0. The zero-order valence-corrected chi connectivity index (χ0v) is 85.3. The molecule has 0 unspecified atom stereocenters. The number of nitrogens with two attached hydrogens (primary N) is 1. The van der Waals surface area contributed by atoms with Gasteiger partial charge in [0.05, 0.1) is 58.9 Å². The van der Waals surface area contributed by atoms with Gasteiger partial charge in [0.2, 0.25) is 88.6 Å². The first-order valence-corrected chi connectivity index (χ1v) is 50.8. The van der Waals surface area contributed by atoms with E-state index in [1.54, 1.807) is 0 Å². The van der Waals surface area contributed by atoms with Crippen molar-refractivity contribution in [2.75, 3.05) is 46.2 Å². The van der Waals surface area contributed by atoms with E-state index in [1.807, 2.05) is 0 Å². The lowest BCUT2D eigenvalue weighted by atomic mass is 9.97. The Balaban J connectivity index is 2.33. The van der Waals surface area contributed by atoms with Gasteiger partial charge in [-0.05, 0) is 57.8 Å². The number of ether oxygens (including phenoxy) is 4. The Kier molecular flexibility index (Phi) is 66.3. The van der Waals surface area contributed by atoms with E-state index in [-0.39, 0.29) is 38.2 Å². The first-order valence-electron chi connectivity index (χ1n) is 50.8. The van der Waals surface area contributed by atoms with Crippen molar-refractivity contribution in [3.05, 3.63) is 18.2 Å². The molecule has 25 N–H and O–H groups in total. The molecule has 0 aromatic carbocycles. The molecule has 49 nitrogen and oxygen atoms in total. The molecule has 1 aromatic heterocycles. The number of aromatic nitrogens is 2. The van der Waals surface area contributed by atoms with Crippen molar-refractivity contribution in [3.63, 3.8) is 0 Å². The topological polar surface area (TPSA) is 763 Å². The molecule has 2 rings (SSSR count). The number of amides is 15.